The van der Waals surface area contributed by atoms with Crippen molar-refractivity contribution in [1.29, 1.82) is 0 Å². The van der Waals surface area contributed by atoms with Crippen LogP contribution in [0.25, 0.3) is 0 Å². The smallest absolute Gasteiger partial charge is 0.240 e. The summed E-state index contributed by atoms with van der Waals surface area (Å²) in [6, 6.07) is -0.181. The van der Waals surface area contributed by atoms with Gasteiger partial charge in [-0.25, -0.2) is 4.98 Å². The Morgan fingerprint density at radius 1 is 1.44 bits per heavy atom. The average molecular weight is 238 g/mol. The molecule has 0 spiro atoms. The molecule has 2 heterocycles. The van der Waals surface area contributed by atoms with Crippen molar-refractivity contribution >= 4 is 22.6 Å². The molecular weight excluding hydrogens is 224 g/mol. The molecule has 1 unspecified atom stereocenters. The highest BCUT2D eigenvalue weighted by Crippen LogP contribution is 2.40. The lowest BCUT2D eigenvalue weighted by Gasteiger charge is -2.20. The van der Waals surface area contributed by atoms with Crippen LogP contribution in [0, 0.1) is 0 Å². The van der Waals surface area contributed by atoms with Crippen LogP contribution in [0.1, 0.15) is 37.4 Å². The Balaban J connectivity index is 1.81. The summed E-state index contributed by atoms with van der Waals surface area (Å²) < 4.78 is 4.35. The zero-order valence-electron chi connectivity index (χ0n) is 8.93. The summed E-state index contributed by atoms with van der Waals surface area (Å²) in [4.78, 5) is 17.8. The number of nitrogens with zero attached hydrogens (tertiary/aromatic N) is 3. The van der Waals surface area contributed by atoms with E-state index in [0.717, 1.165) is 30.3 Å². The van der Waals surface area contributed by atoms with Crippen LogP contribution in [0.3, 0.4) is 0 Å². The minimum Gasteiger partial charge on any atom is -0.368 e. The topological polar surface area (TPSA) is 72.1 Å². The summed E-state index contributed by atoms with van der Waals surface area (Å²) >= 11 is 1.39. The molecule has 1 saturated heterocycles. The first-order valence-corrected chi connectivity index (χ1v) is 6.42. The molecule has 0 bridgehead atoms. The molecule has 86 valence electrons. The van der Waals surface area contributed by atoms with Gasteiger partial charge in [-0.15, -0.1) is 0 Å². The standard InChI is InChI=1S/C10H14N4OS/c11-8(15)7-2-1-5-14(7)10-12-9(13-16-10)6-3-4-6/h6-7H,1-5H2,(H2,11,15). The number of anilines is 1. The molecule has 1 aliphatic heterocycles. The normalized spacial score (nSPS) is 25.0. The van der Waals surface area contributed by atoms with Gasteiger partial charge in [0.25, 0.3) is 0 Å². The molecule has 6 heteroatoms. The third-order valence-corrected chi connectivity index (χ3v) is 3.97. The van der Waals surface area contributed by atoms with Crippen LogP contribution in [-0.4, -0.2) is 27.9 Å². The number of rotatable bonds is 3. The minimum absolute atomic E-state index is 0.181. The van der Waals surface area contributed by atoms with Gasteiger partial charge in [-0.2, -0.15) is 4.37 Å². The van der Waals surface area contributed by atoms with Crippen molar-refractivity contribution in [3.8, 4) is 0 Å². The van der Waals surface area contributed by atoms with Crippen LogP contribution < -0.4 is 10.6 Å². The molecule has 1 aromatic rings. The van der Waals surface area contributed by atoms with E-state index in [1.54, 1.807) is 0 Å². The molecule has 5 nitrogen and oxygen atoms in total. The number of nitrogens with two attached hydrogens (primary N) is 1. The summed E-state index contributed by atoms with van der Waals surface area (Å²) in [5, 5.41) is 0.864. The Morgan fingerprint density at radius 2 is 2.25 bits per heavy atom. The number of aromatic nitrogens is 2. The van der Waals surface area contributed by atoms with Crippen molar-refractivity contribution < 1.29 is 4.79 Å². The van der Waals surface area contributed by atoms with Gasteiger partial charge >= 0.3 is 0 Å². The van der Waals surface area contributed by atoms with Gasteiger partial charge in [0.15, 0.2) is 0 Å². The molecule has 0 aromatic carbocycles. The first-order valence-electron chi connectivity index (χ1n) is 5.65. The number of amides is 1. The number of carbonyl (C=O) groups is 1. The molecule has 3 rings (SSSR count). The fourth-order valence-corrected chi connectivity index (χ4v) is 2.96. The zero-order chi connectivity index (χ0) is 11.1. The van der Waals surface area contributed by atoms with E-state index < -0.39 is 0 Å². The fraction of sp³-hybridized carbons (Fsp3) is 0.700. The van der Waals surface area contributed by atoms with Gasteiger partial charge in [0, 0.05) is 24.0 Å². The summed E-state index contributed by atoms with van der Waals surface area (Å²) in [7, 11) is 0. The van der Waals surface area contributed by atoms with Crippen LogP contribution in [-0.2, 0) is 4.79 Å². The number of carbonyl (C=O) groups excluding carboxylic acids is 1. The quantitative estimate of drug-likeness (QED) is 0.848. The Kier molecular flexibility index (Phi) is 2.31. The van der Waals surface area contributed by atoms with Gasteiger partial charge < -0.3 is 10.6 Å². The van der Waals surface area contributed by atoms with E-state index in [0.29, 0.717) is 5.92 Å². The van der Waals surface area contributed by atoms with Crippen LogP contribution in [0.15, 0.2) is 0 Å². The predicted octanol–water partition coefficient (Wildman–Crippen LogP) is 0.870. The third-order valence-electron chi connectivity index (χ3n) is 3.20. The van der Waals surface area contributed by atoms with Crippen molar-refractivity contribution in [3.05, 3.63) is 5.82 Å². The zero-order valence-corrected chi connectivity index (χ0v) is 9.74. The molecule has 2 N–H and O–H groups in total. The van der Waals surface area contributed by atoms with Crippen LogP contribution in [0.5, 0.6) is 0 Å². The third kappa shape index (κ3) is 1.67. The lowest BCUT2D eigenvalue weighted by molar-refractivity contribution is -0.119. The maximum absolute atomic E-state index is 11.3. The number of hydrogen-bond acceptors (Lipinski definition) is 5. The highest BCUT2D eigenvalue weighted by molar-refractivity contribution is 7.09. The van der Waals surface area contributed by atoms with Crippen molar-refractivity contribution in [3.63, 3.8) is 0 Å². The number of hydrogen-bond donors (Lipinski definition) is 1. The van der Waals surface area contributed by atoms with E-state index >= 15 is 0 Å². The molecule has 1 aliphatic carbocycles. The maximum atomic E-state index is 11.3. The van der Waals surface area contributed by atoms with Crippen LogP contribution in [0.4, 0.5) is 5.13 Å². The van der Waals surface area contributed by atoms with Gasteiger partial charge in [-0.3, -0.25) is 4.79 Å². The largest absolute Gasteiger partial charge is 0.368 e. The van der Waals surface area contributed by atoms with Crippen LogP contribution >= 0.6 is 11.5 Å². The highest BCUT2D eigenvalue weighted by atomic mass is 32.1. The monoisotopic (exact) mass is 238 g/mol. The molecule has 1 aromatic heterocycles. The van der Waals surface area contributed by atoms with Gasteiger partial charge in [0.05, 0.1) is 0 Å². The molecule has 1 amide bonds. The molecule has 1 atom stereocenters. The summed E-state index contributed by atoms with van der Waals surface area (Å²) in [6.45, 7) is 0.868. The summed E-state index contributed by atoms with van der Waals surface area (Å²) in [5.74, 6) is 1.27. The van der Waals surface area contributed by atoms with Gasteiger partial charge in [-0.1, -0.05) is 0 Å². The van der Waals surface area contributed by atoms with E-state index in [1.807, 2.05) is 4.90 Å². The lowest BCUT2D eigenvalue weighted by Crippen LogP contribution is -2.40. The molecule has 2 fully saturated rings. The molecule has 16 heavy (non-hydrogen) atoms. The van der Waals surface area contributed by atoms with Gasteiger partial charge in [0.1, 0.15) is 11.9 Å². The Hall–Kier alpha value is -1.17. The Morgan fingerprint density at radius 3 is 2.94 bits per heavy atom. The molecule has 1 saturated carbocycles. The lowest BCUT2D eigenvalue weighted by atomic mass is 10.2. The van der Waals surface area contributed by atoms with Gasteiger partial charge in [0.2, 0.25) is 11.0 Å². The maximum Gasteiger partial charge on any atom is 0.240 e. The van der Waals surface area contributed by atoms with Crippen molar-refractivity contribution in [2.75, 3.05) is 11.4 Å². The first kappa shape index (κ1) is 10.0. The van der Waals surface area contributed by atoms with Crippen molar-refractivity contribution in [2.24, 2.45) is 5.73 Å². The van der Waals surface area contributed by atoms with Crippen molar-refractivity contribution in [1.82, 2.24) is 9.36 Å². The Bertz CT molecular complexity index is 415. The Labute approximate surface area is 97.8 Å². The second-order valence-corrected chi connectivity index (χ2v) is 5.19. The van der Waals surface area contributed by atoms with Gasteiger partial charge in [-0.05, 0) is 25.7 Å². The van der Waals surface area contributed by atoms with E-state index in [4.69, 9.17) is 5.73 Å². The van der Waals surface area contributed by atoms with Crippen molar-refractivity contribution in [2.45, 2.75) is 37.6 Å². The van der Waals surface area contributed by atoms with E-state index in [9.17, 15) is 4.79 Å². The van der Waals surface area contributed by atoms with E-state index in [1.165, 1.54) is 24.4 Å². The SMILES string of the molecule is NC(=O)C1CCCN1c1nc(C2CC2)ns1. The summed E-state index contributed by atoms with van der Waals surface area (Å²) in [6.07, 6.45) is 4.25. The average Bonchev–Trinajstić information content (AvgIpc) is 2.83. The minimum atomic E-state index is -0.249. The first-order chi connectivity index (χ1) is 7.75. The molecular formula is C10H14N4OS. The predicted molar refractivity (Wildman–Crippen MR) is 61.4 cm³/mol. The van der Waals surface area contributed by atoms with E-state index in [2.05, 4.69) is 9.36 Å². The fourth-order valence-electron chi connectivity index (χ4n) is 2.14. The van der Waals surface area contributed by atoms with Crippen LogP contribution in [0.2, 0.25) is 0 Å². The highest BCUT2D eigenvalue weighted by Gasteiger charge is 2.33. The number of primary amides is 1. The summed E-state index contributed by atoms with van der Waals surface area (Å²) in [5.41, 5.74) is 5.38. The second kappa shape index (κ2) is 3.69. The molecule has 2 aliphatic rings. The second-order valence-electron chi connectivity index (χ2n) is 4.46. The van der Waals surface area contributed by atoms with E-state index in [-0.39, 0.29) is 11.9 Å². The molecule has 0 radical (unpaired) electrons.